The van der Waals surface area contributed by atoms with Crippen LogP contribution < -0.4 is 5.32 Å². The summed E-state index contributed by atoms with van der Waals surface area (Å²) < 4.78 is 19.4. The van der Waals surface area contributed by atoms with Gasteiger partial charge in [-0.05, 0) is 66.0 Å². The first kappa shape index (κ1) is 22.6. The largest absolute Gasteiger partial charge is 0.455 e. The van der Waals surface area contributed by atoms with Crippen LogP contribution in [0.2, 0.25) is 0 Å². The first-order valence-electron chi connectivity index (χ1n) is 9.72. The summed E-state index contributed by atoms with van der Waals surface area (Å²) in [5.41, 5.74) is 1.85. The molecule has 3 rings (SSSR count). The van der Waals surface area contributed by atoms with Crippen LogP contribution in [0, 0.1) is 5.82 Å². The summed E-state index contributed by atoms with van der Waals surface area (Å²) in [6.07, 6.45) is 3.68. The Kier molecular flexibility index (Phi) is 7.17. The van der Waals surface area contributed by atoms with Crippen molar-refractivity contribution in [2.45, 2.75) is 32.8 Å². The Bertz CT molecular complexity index is 1080. The second-order valence-electron chi connectivity index (χ2n) is 7.89. The number of anilines is 1. The zero-order chi connectivity index (χ0) is 22.4. The van der Waals surface area contributed by atoms with Gasteiger partial charge in [-0.2, -0.15) is 0 Å². The SMILES string of the molecule is CC(C)(C)OC(=O)/C(=C/c1ccc(F)cc1)Nc1ncc(Br)nc1Cc1ccccc1. The van der Waals surface area contributed by atoms with Crippen molar-refractivity contribution in [1.29, 1.82) is 0 Å². The molecule has 0 fully saturated rings. The molecule has 31 heavy (non-hydrogen) atoms. The molecule has 0 radical (unpaired) electrons. The van der Waals surface area contributed by atoms with Gasteiger partial charge in [0.25, 0.3) is 0 Å². The summed E-state index contributed by atoms with van der Waals surface area (Å²) in [5.74, 6) is -0.466. The van der Waals surface area contributed by atoms with E-state index in [4.69, 9.17) is 4.74 Å². The fourth-order valence-electron chi connectivity index (χ4n) is 2.75. The molecular formula is C24H23BrFN3O2. The summed E-state index contributed by atoms with van der Waals surface area (Å²) in [4.78, 5) is 21.8. The van der Waals surface area contributed by atoms with E-state index in [2.05, 4.69) is 31.2 Å². The van der Waals surface area contributed by atoms with Crippen LogP contribution >= 0.6 is 15.9 Å². The third-order valence-electron chi connectivity index (χ3n) is 4.08. The van der Waals surface area contributed by atoms with E-state index in [1.807, 2.05) is 30.3 Å². The average Bonchev–Trinajstić information content (AvgIpc) is 2.70. The van der Waals surface area contributed by atoms with Gasteiger partial charge in [-0.15, -0.1) is 0 Å². The number of carbonyl (C=O) groups excluding carboxylic acids is 1. The topological polar surface area (TPSA) is 64.1 Å². The number of nitrogens with zero attached hydrogens (tertiary/aromatic N) is 2. The average molecular weight is 484 g/mol. The Morgan fingerprint density at radius 1 is 1.13 bits per heavy atom. The molecule has 1 N–H and O–H groups in total. The van der Waals surface area contributed by atoms with Gasteiger partial charge in [0.1, 0.15) is 21.7 Å². The van der Waals surface area contributed by atoms with E-state index in [0.29, 0.717) is 28.1 Å². The summed E-state index contributed by atoms with van der Waals surface area (Å²) in [6, 6.07) is 15.7. The Labute approximate surface area is 189 Å². The maximum atomic E-state index is 13.3. The number of carbonyl (C=O) groups is 1. The number of rotatable bonds is 6. The zero-order valence-corrected chi connectivity index (χ0v) is 19.1. The highest BCUT2D eigenvalue weighted by molar-refractivity contribution is 9.10. The number of hydrogen-bond donors (Lipinski definition) is 1. The smallest absolute Gasteiger partial charge is 0.355 e. The number of halogens is 2. The highest BCUT2D eigenvalue weighted by atomic mass is 79.9. The highest BCUT2D eigenvalue weighted by Crippen LogP contribution is 2.22. The zero-order valence-electron chi connectivity index (χ0n) is 17.5. The van der Waals surface area contributed by atoms with Gasteiger partial charge in [0, 0.05) is 6.42 Å². The predicted octanol–water partition coefficient (Wildman–Crippen LogP) is 5.76. The van der Waals surface area contributed by atoms with Crippen molar-refractivity contribution < 1.29 is 13.9 Å². The van der Waals surface area contributed by atoms with Crippen LogP contribution in [0.15, 0.2) is 71.1 Å². The van der Waals surface area contributed by atoms with Crippen molar-refractivity contribution in [2.75, 3.05) is 5.32 Å². The third-order valence-corrected chi connectivity index (χ3v) is 4.46. The maximum Gasteiger partial charge on any atom is 0.355 e. The summed E-state index contributed by atoms with van der Waals surface area (Å²) in [5, 5.41) is 3.08. The predicted molar refractivity (Wildman–Crippen MR) is 123 cm³/mol. The van der Waals surface area contributed by atoms with Crippen LogP contribution in [-0.4, -0.2) is 21.5 Å². The molecule has 0 saturated carbocycles. The minimum Gasteiger partial charge on any atom is -0.455 e. The molecule has 0 aliphatic carbocycles. The van der Waals surface area contributed by atoms with Gasteiger partial charge in [0.15, 0.2) is 5.82 Å². The Morgan fingerprint density at radius 3 is 2.45 bits per heavy atom. The van der Waals surface area contributed by atoms with Gasteiger partial charge in [-0.25, -0.2) is 19.2 Å². The van der Waals surface area contributed by atoms with Crippen molar-refractivity contribution in [2.24, 2.45) is 0 Å². The van der Waals surface area contributed by atoms with Gasteiger partial charge in [-0.1, -0.05) is 42.5 Å². The number of esters is 1. The van der Waals surface area contributed by atoms with Crippen molar-refractivity contribution in [3.05, 3.63) is 93.7 Å². The van der Waals surface area contributed by atoms with Gasteiger partial charge in [0.2, 0.25) is 0 Å². The van der Waals surface area contributed by atoms with Crippen molar-refractivity contribution in [3.63, 3.8) is 0 Å². The molecule has 2 aromatic carbocycles. The van der Waals surface area contributed by atoms with E-state index in [9.17, 15) is 9.18 Å². The van der Waals surface area contributed by atoms with Gasteiger partial charge < -0.3 is 10.1 Å². The molecule has 0 amide bonds. The van der Waals surface area contributed by atoms with E-state index in [0.717, 1.165) is 5.56 Å². The number of aromatic nitrogens is 2. The summed E-state index contributed by atoms with van der Waals surface area (Å²) >= 11 is 3.36. The van der Waals surface area contributed by atoms with E-state index in [-0.39, 0.29) is 11.5 Å². The molecule has 1 aromatic heterocycles. The van der Waals surface area contributed by atoms with Crippen LogP contribution in [0.25, 0.3) is 6.08 Å². The highest BCUT2D eigenvalue weighted by Gasteiger charge is 2.22. The van der Waals surface area contributed by atoms with E-state index in [1.54, 1.807) is 45.2 Å². The first-order chi connectivity index (χ1) is 14.7. The number of nitrogens with one attached hydrogen (secondary N) is 1. The molecule has 160 valence electrons. The van der Waals surface area contributed by atoms with Crippen molar-refractivity contribution in [3.8, 4) is 0 Å². The second-order valence-corrected chi connectivity index (χ2v) is 8.70. The number of hydrogen-bond acceptors (Lipinski definition) is 5. The van der Waals surface area contributed by atoms with Crippen LogP contribution in [0.5, 0.6) is 0 Å². The second kappa shape index (κ2) is 9.83. The lowest BCUT2D eigenvalue weighted by Gasteiger charge is -2.21. The molecule has 0 aliphatic heterocycles. The maximum absolute atomic E-state index is 13.3. The fraction of sp³-hybridized carbons (Fsp3) is 0.208. The molecule has 7 heteroatoms. The third kappa shape index (κ3) is 7.00. The Balaban J connectivity index is 1.97. The van der Waals surface area contributed by atoms with E-state index >= 15 is 0 Å². The fourth-order valence-corrected chi connectivity index (χ4v) is 3.07. The Hall–Kier alpha value is -3.06. The summed E-state index contributed by atoms with van der Waals surface area (Å²) in [7, 11) is 0. The minimum absolute atomic E-state index is 0.174. The first-order valence-corrected chi connectivity index (χ1v) is 10.5. The molecule has 0 aliphatic rings. The Morgan fingerprint density at radius 2 is 1.81 bits per heavy atom. The van der Waals surface area contributed by atoms with Crippen LogP contribution in [-0.2, 0) is 16.0 Å². The van der Waals surface area contributed by atoms with Crippen molar-refractivity contribution in [1.82, 2.24) is 9.97 Å². The molecule has 0 unspecified atom stereocenters. The standard InChI is InChI=1S/C24H23BrFN3O2/c1-24(2,3)31-23(30)20(14-17-9-11-18(26)12-10-17)29-22-19(28-21(25)15-27-22)13-16-7-5-4-6-8-16/h4-12,14-15H,13H2,1-3H3,(H,27,29)/b20-14-. The molecule has 0 saturated heterocycles. The van der Waals surface area contributed by atoms with Gasteiger partial charge in [0.05, 0.1) is 11.9 Å². The lowest BCUT2D eigenvalue weighted by Crippen LogP contribution is -2.27. The van der Waals surface area contributed by atoms with Crippen LogP contribution in [0.4, 0.5) is 10.2 Å². The summed E-state index contributed by atoms with van der Waals surface area (Å²) in [6.45, 7) is 5.38. The molecule has 0 bridgehead atoms. The van der Waals surface area contributed by atoms with Crippen LogP contribution in [0.3, 0.4) is 0 Å². The van der Waals surface area contributed by atoms with Gasteiger partial charge >= 0.3 is 5.97 Å². The lowest BCUT2D eigenvalue weighted by atomic mass is 10.1. The molecular weight excluding hydrogens is 461 g/mol. The van der Waals surface area contributed by atoms with Gasteiger partial charge in [-0.3, -0.25) is 0 Å². The van der Waals surface area contributed by atoms with Crippen molar-refractivity contribution >= 4 is 33.8 Å². The molecule has 0 spiro atoms. The molecule has 0 atom stereocenters. The minimum atomic E-state index is -0.682. The molecule has 5 nitrogen and oxygen atoms in total. The monoisotopic (exact) mass is 483 g/mol. The lowest BCUT2D eigenvalue weighted by molar-refractivity contribution is -0.149. The van der Waals surface area contributed by atoms with Crippen LogP contribution in [0.1, 0.15) is 37.6 Å². The van der Waals surface area contributed by atoms with E-state index < -0.39 is 11.6 Å². The molecule has 1 heterocycles. The quantitative estimate of drug-likeness (QED) is 0.356. The number of benzene rings is 2. The molecule has 3 aromatic rings. The normalized spacial score (nSPS) is 11.8. The van der Waals surface area contributed by atoms with E-state index in [1.165, 1.54) is 12.1 Å². The number of ether oxygens (including phenoxy) is 1.